The highest BCUT2D eigenvalue weighted by molar-refractivity contribution is 6.06. The van der Waals surface area contributed by atoms with Crippen LogP contribution in [0.4, 0.5) is 11.4 Å². The van der Waals surface area contributed by atoms with Crippen LogP contribution in [0.25, 0.3) is 0 Å². The minimum atomic E-state index is -0.294. The monoisotopic (exact) mass is 404 g/mol. The van der Waals surface area contributed by atoms with Gasteiger partial charge in [0.15, 0.2) is 6.61 Å². The lowest BCUT2D eigenvalue weighted by atomic mass is 10.1. The van der Waals surface area contributed by atoms with Crippen molar-refractivity contribution in [3.8, 4) is 11.5 Å². The zero-order valence-corrected chi connectivity index (χ0v) is 16.9. The first-order valence-electron chi connectivity index (χ1n) is 9.66. The van der Waals surface area contributed by atoms with Gasteiger partial charge < -0.3 is 20.1 Å². The lowest BCUT2D eigenvalue weighted by molar-refractivity contribution is -0.118. The van der Waals surface area contributed by atoms with Crippen molar-refractivity contribution in [1.29, 1.82) is 0 Å². The topological polar surface area (TPSA) is 76.7 Å². The predicted molar refractivity (Wildman–Crippen MR) is 117 cm³/mol. The minimum Gasteiger partial charge on any atom is -0.490 e. The molecular weight excluding hydrogens is 380 g/mol. The summed E-state index contributed by atoms with van der Waals surface area (Å²) in [5.74, 6) is 0.559. The fourth-order valence-electron chi connectivity index (χ4n) is 2.75. The molecule has 0 saturated carbocycles. The lowest BCUT2D eigenvalue weighted by Gasteiger charge is -2.14. The molecule has 0 aromatic heterocycles. The Bertz CT molecular complexity index is 1000. The fraction of sp³-hybridized carbons (Fsp3) is 0.167. The number of benzene rings is 3. The zero-order chi connectivity index (χ0) is 21.3. The first-order chi connectivity index (χ1) is 14.5. The molecule has 6 heteroatoms. The summed E-state index contributed by atoms with van der Waals surface area (Å²) in [7, 11) is 0. The van der Waals surface area contributed by atoms with Crippen LogP contribution in [0.2, 0.25) is 0 Å². The normalized spacial score (nSPS) is 10.4. The number of carbonyl (C=O) groups is 2. The first kappa shape index (κ1) is 20.9. The smallest absolute Gasteiger partial charge is 0.262 e. The van der Waals surface area contributed by atoms with Crippen LogP contribution in [-0.4, -0.2) is 24.5 Å². The Hall–Kier alpha value is -3.80. The number of carbonyl (C=O) groups excluding carboxylic acids is 2. The second-order valence-corrected chi connectivity index (χ2v) is 6.85. The molecule has 3 rings (SSSR count). The van der Waals surface area contributed by atoms with E-state index in [0.29, 0.717) is 28.4 Å². The highest BCUT2D eigenvalue weighted by atomic mass is 16.5. The van der Waals surface area contributed by atoms with E-state index in [1.807, 2.05) is 38.1 Å². The number of para-hydroxylation sites is 2. The summed E-state index contributed by atoms with van der Waals surface area (Å²) in [5.41, 5.74) is 1.55. The van der Waals surface area contributed by atoms with Gasteiger partial charge in [-0.15, -0.1) is 0 Å². The Balaban J connectivity index is 1.61. The molecular formula is C24H24N2O4. The fourth-order valence-corrected chi connectivity index (χ4v) is 2.75. The largest absolute Gasteiger partial charge is 0.490 e. The van der Waals surface area contributed by atoms with Gasteiger partial charge in [0.2, 0.25) is 0 Å². The summed E-state index contributed by atoms with van der Waals surface area (Å²) < 4.78 is 11.2. The molecule has 2 amide bonds. The van der Waals surface area contributed by atoms with Crippen LogP contribution in [-0.2, 0) is 4.79 Å². The van der Waals surface area contributed by atoms with Gasteiger partial charge >= 0.3 is 0 Å². The average molecular weight is 404 g/mol. The number of amides is 2. The van der Waals surface area contributed by atoms with Crippen LogP contribution in [0.15, 0.2) is 78.9 Å². The standard InChI is InChI=1S/C24H24N2O4/c1-17(2)30-22-14-7-6-13-21(22)24(28)26-19-10-8-9-18(15-19)25-23(27)16-29-20-11-4-3-5-12-20/h3-15,17H,16H2,1-2H3,(H,25,27)(H,26,28). The number of ether oxygens (including phenoxy) is 2. The summed E-state index contributed by atoms with van der Waals surface area (Å²) in [6.07, 6.45) is -0.0457. The third-order valence-corrected chi connectivity index (χ3v) is 4.01. The van der Waals surface area contributed by atoms with Crippen LogP contribution >= 0.6 is 0 Å². The molecule has 0 saturated heterocycles. The second-order valence-electron chi connectivity index (χ2n) is 6.85. The highest BCUT2D eigenvalue weighted by Crippen LogP contribution is 2.22. The molecule has 0 heterocycles. The number of anilines is 2. The Morgan fingerprint density at radius 3 is 2.23 bits per heavy atom. The van der Waals surface area contributed by atoms with Crippen molar-refractivity contribution >= 4 is 23.2 Å². The van der Waals surface area contributed by atoms with E-state index >= 15 is 0 Å². The van der Waals surface area contributed by atoms with Crippen LogP contribution < -0.4 is 20.1 Å². The Labute approximate surface area is 175 Å². The van der Waals surface area contributed by atoms with E-state index in [0.717, 1.165) is 0 Å². The van der Waals surface area contributed by atoms with Crippen molar-refractivity contribution < 1.29 is 19.1 Å². The molecule has 0 atom stereocenters. The average Bonchev–Trinajstić information content (AvgIpc) is 2.73. The number of hydrogen-bond acceptors (Lipinski definition) is 4. The molecule has 2 N–H and O–H groups in total. The second kappa shape index (κ2) is 10.1. The molecule has 154 valence electrons. The third kappa shape index (κ3) is 6.10. The van der Waals surface area contributed by atoms with Gasteiger partial charge in [-0.3, -0.25) is 9.59 Å². The van der Waals surface area contributed by atoms with Gasteiger partial charge in [-0.25, -0.2) is 0 Å². The molecule has 0 radical (unpaired) electrons. The van der Waals surface area contributed by atoms with Gasteiger partial charge in [-0.2, -0.15) is 0 Å². The summed E-state index contributed by atoms with van der Waals surface area (Å²) >= 11 is 0. The molecule has 0 spiro atoms. The number of hydrogen-bond donors (Lipinski definition) is 2. The summed E-state index contributed by atoms with van der Waals surface area (Å²) in [4.78, 5) is 24.9. The van der Waals surface area contributed by atoms with Gasteiger partial charge in [0, 0.05) is 11.4 Å². The van der Waals surface area contributed by atoms with Gasteiger partial charge in [0.1, 0.15) is 11.5 Å². The molecule has 3 aromatic carbocycles. The van der Waals surface area contributed by atoms with Crippen LogP contribution in [0.1, 0.15) is 24.2 Å². The zero-order valence-electron chi connectivity index (χ0n) is 16.9. The molecule has 30 heavy (non-hydrogen) atoms. The van der Waals surface area contributed by atoms with E-state index in [-0.39, 0.29) is 24.5 Å². The highest BCUT2D eigenvalue weighted by Gasteiger charge is 2.14. The molecule has 0 fully saturated rings. The SMILES string of the molecule is CC(C)Oc1ccccc1C(=O)Nc1cccc(NC(=O)COc2ccccc2)c1. The van der Waals surface area contributed by atoms with Crippen molar-refractivity contribution in [2.45, 2.75) is 20.0 Å². The van der Waals surface area contributed by atoms with E-state index in [1.54, 1.807) is 54.6 Å². The van der Waals surface area contributed by atoms with Crippen LogP contribution in [0.5, 0.6) is 11.5 Å². The predicted octanol–water partition coefficient (Wildman–Crippen LogP) is 4.74. The summed E-state index contributed by atoms with van der Waals surface area (Å²) in [6.45, 7) is 3.70. The van der Waals surface area contributed by atoms with Gasteiger partial charge in [0.05, 0.1) is 11.7 Å². The van der Waals surface area contributed by atoms with Crippen molar-refractivity contribution in [2.24, 2.45) is 0 Å². The first-order valence-corrected chi connectivity index (χ1v) is 9.66. The Morgan fingerprint density at radius 1 is 0.833 bits per heavy atom. The van der Waals surface area contributed by atoms with E-state index in [9.17, 15) is 9.59 Å². The molecule has 0 aliphatic rings. The van der Waals surface area contributed by atoms with E-state index < -0.39 is 0 Å². The van der Waals surface area contributed by atoms with Gasteiger partial charge in [-0.1, -0.05) is 36.4 Å². The maximum Gasteiger partial charge on any atom is 0.262 e. The molecule has 0 aliphatic heterocycles. The summed E-state index contributed by atoms with van der Waals surface area (Å²) in [5, 5.41) is 5.60. The van der Waals surface area contributed by atoms with Crippen LogP contribution in [0.3, 0.4) is 0 Å². The van der Waals surface area contributed by atoms with E-state index in [4.69, 9.17) is 9.47 Å². The van der Waals surface area contributed by atoms with E-state index in [2.05, 4.69) is 10.6 Å². The summed E-state index contributed by atoms with van der Waals surface area (Å²) in [6, 6.07) is 23.1. The minimum absolute atomic E-state index is 0.0457. The van der Waals surface area contributed by atoms with Crippen molar-refractivity contribution in [3.05, 3.63) is 84.4 Å². The number of rotatable bonds is 8. The van der Waals surface area contributed by atoms with Crippen molar-refractivity contribution in [3.63, 3.8) is 0 Å². The maximum absolute atomic E-state index is 12.7. The van der Waals surface area contributed by atoms with Crippen molar-refractivity contribution in [1.82, 2.24) is 0 Å². The van der Waals surface area contributed by atoms with Crippen molar-refractivity contribution in [2.75, 3.05) is 17.2 Å². The van der Waals surface area contributed by atoms with Gasteiger partial charge in [-0.05, 0) is 56.3 Å². The molecule has 6 nitrogen and oxygen atoms in total. The quantitative estimate of drug-likeness (QED) is 0.568. The molecule has 0 bridgehead atoms. The maximum atomic E-state index is 12.7. The Morgan fingerprint density at radius 2 is 1.50 bits per heavy atom. The van der Waals surface area contributed by atoms with Gasteiger partial charge in [0.25, 0.3) is 11.8 Å². The van der Waals surface area contributed by atoms with E-state index in [1.165, 1.54) is 0 Å². The third-order valence-electron chi connectivity index (χ3n) is 4.01. The van der Waals surface area contributed by atoms with Crippen LogP contribution in [0, 0.1) is 0 Å². The molecule has 3 aromatic rings. The Kier molecular flexibility index (Phi) is 7.05. The molecule has 0 aliphatic carbocycles. The molecule has 0 unspecified atom stereocenters. The lowest BCUT2D eigenvalue weighted by Crippen LogP contribution is -2.20. The number of nitrogens with one attached hydrogen (secondary N) is 2.